The first-order chi connectivity index (χ1) is 17.5. The fourth-order valence-corrected chi connectivity index (χ4v) is 5.05. The topological polar surface area (TPSA) is 98.5 Å². The predicted molar refractivity (Wildman–Crippen MR) is 137 cm³/mol. The molecule has 0 bridgehead atoms. The number of fused-ring (bicyclic) bond motifs is 2. The largest absolute Gasteiger partial charge is 0.342 e. The van der Waals surface area contributed by atoms with E-state index in [-0.39, 0.29) is 5.91 Å². The summed E-state index contributed by atoms with van der Waals surface area (Å²) in [5.41, 5.74) is 6.19. The van der Waals surface area contributed by atoms with Crippen molar-refractivity contribution in [1.82, 2.24) is 34.8 Å². The van der Waals surface area contributed by atoms with E-state index in [1.807, 2.05) is 41.8 Å². The lowest BCUT2D eigenvalue weighted by Crippen LogP contribution is -2.38. The number of aromatic nitrogens is 6. The Morgan fingerprint density at radius 1 is 0.972 bits per heavy atom. The maximum absolute atomic E-state index is 12.8. The van der Waals surface area contributed by atoms with Gasteiger partial charge in [0.05, 0.1) is 11.1 Å². The minimum absolute atomic E-state index is 0.0558. The summed E-state index contributed by atoms with van der Waals surface area (Å²) in [5, 5.41) is 3.20. The monoisotopic (exact) mass is 475 g/mol. The third-order valence-corrected chi connectivity index (χ3v) is 6.81. The molecule has 3 aromatic heterocycles. The maximum atomic E-state index is 12.8. The molecule has 5 aromatic rings. The summed E-state index contributed by atoms with van der Waals surface area (Å²) in [4.78, 5) is 35.6. The Morgan fingerprint density at radius 3 is 2.50 bits per heavy atom. The van der Waals surface area contributed by atoms with Crippen LogP contribution in [0.4, 0.5) is 0 Å². The Labute approximate surface area is 208 Å². The molecule has 8 heteroatoms. The molecule has 36 heavy (non-hydrogen) atoms. The second-order valence-electron chi connectivity index (χ2n) is 9.30. The van der Waals surface area contributed by atoms with Gasteiger partial charge in [0.2, 0.25) is 0 Å². The van der Waals surface area contributed by atoms with Gasteiger partial charge in [0.25, 0.3) is 5.91 Å². The summed E-state index contributed by atoms with van der Waals surface area (Å²) < 4.78 is 2.05. The van der Waals surface area contributed by atoms with Crippen molar-refractivity contribution in [1.29, 1.82) is 0 Å². The fraction of sp³-hybridized carbons (Fsp3) is 0.214. The fourth-order valence-electron chi connectivity index (χ4n) is 5.05. The highest BCUT2D eigenvalue weighted by molar-refractivity contribution is 6.01. The number of carbonyl (C=O) groups is 1. The number of imidazole rings is 1. The maximum Gasteiger partial charge on any atom is 0.252 e. The third kappa shape index (κ3) is 3.53. The average molecular weight is 476 g/mol. The molecule has 1 unspecified atom stereocenters. The van der Waals surface area contributed by atoms with Crippen LogP contribution in [0.25, 0.3) is 33.8 Å². The van der Waals surface area contributed by atoms with Gasteiger partial charge in [-0.15, -0.1) is 0 Å². The van der Waals surface area contributed by atoms with E-state index in [0.29, 0.717) is 29.9 Å². The third-order valence-electron chi connectivity index (χ3n) is 6.81. The molecule has 0 saturated carbocycles. The summed E-state index contributed by atoms with van der Waals surface area (Å²) in [6.07, 6.45) is 5.83. The van der Waals surface area contributed by atoms with Crippen LogP contribution in [0.15, 0.2) is 67.3 Å². The standard InChI is InChI=1S/C28H25N7O/c1-4-35-25(20-14-29-17(2)30-15-20)33-24-23(31-16-32-26(24)35)19-10-11-21-22(12-19)28(3,34-27(21)36)13-18-8-6-5-7-9-18/h5-12,14-16H,4,13H2,1-3H3,(H,34,36). The van der Waals surface area contributed by atoms with E-state index in [4.69, 9.17) is 4.98 Å². The van der Waals surface area contributed by atoms with Crippen LogP contribution < -0.4 is 5.32 Å². The molecule has 178 valence electrons. The average Bonchev–Trinajstić information content (AvgIpc) is 3.39. The minimum Gasteiger partial charge on any atom is -0.342 e. The van der Waals surface area contributed by atoms with Gasteiger partial charge in [0.1, 0.15) is 29.2 Å². The lowest BCUT2D eigenvalue weighted by molar-refractivity contribution is 0.0935. The van der Waals surface area contributed by atoms with Gasteiger partial charge in [-0.1, -0.05) is 36.4 Å². The minimum atomic E-state index is -0.525. The highest BCUT2D eigenvalue weighted by Gasteiger charge is 2.39. The van der Waals surface area contributed by atoms with Crippen molar-refractivity contribution in [2.75, 3.05) is 0 Å². The molecule has 1 N–H and O–H groups in total. The number of benzene rings is 2. The van der Waals surface area contributed by atoms with Gasteiger partial charge in [0.15, 0.2) is 5.65 Å². The van der Waals surface area contributed by atoms with Crippen molar-refractivity contribution < 1.29 is 4.79 Å². The van der Waals surface area contributed by atoms with Gasteiger partial charge in [-0.3, -0.25) is 4.79 Å². The smallest absolute Gasteiger partial charge is 0.252 e. The molecule has 8 nitrogen and oxygen atoms in total. The first kappa shape index (κ1) is 22.0. The van der Waals surface area contributed by atoms with E-state index in [0.717, 1.165) is 39.4 Å². The van der Waals surface area contributed by atoms with Crippen molar-refractivity contribution in [3.05, 3.63) is 89.8 Å². The van der Waals surface area contributed by atoms with Crippen molar-refractivity contribution in [3.8, 4) is 22.6 Å². The van der Waals surface area contributed by atoms with Crippen molar-refractivity contribution in [2.45, 2.75) is 39.3 Å². The first-order valence-electron chi connectivity index (χ1n) is 12.0. The van der Waals surface area contributed by atoms with E-state index in [1.165, 1.54) is 0 Å². The molecule has 1 atom stereocenters. The number of carbonyl (C=O) groups excluding carboxylic acids is 1. The molecular weight excluding hydrogens is 450 g/mol. The van der Waals surface area contributed by atoms with Gasteiger partial charge in [-0.25, -0.2) is 24.9 Å². The number of rotatable bonds is 5. The summed E-state index contributed by atoms with van der Waals surface area (Å²) in [6.45, 7) is 6.68. The Kier molecular flexibility index (Phi) is 5.10. The SMILES string of the molecule is CCn1c(-c2cnc(C)nc2)nc2c(-c3ccc4c(c3)C(C)(Cc3ccccc3)NC4=O)ncnc21. The molecule has 2 aromatic carbocycles. The number of hydrogen-bond donors (Lipinski definition) is 1. The van der Waals surface area contributed by atoms with Crippen LogP contribution in [0, 0.1) is 6.92 Å². The summed E-state index contributed by atoms with van der Waals surface area (Å²) in [5.74, 6) is 1.40. The zero-order valence-corrected chi connectivity index (χ0v) is 20.4. The number of aryl methyl sites for hydroxylation is 2. The predicted octanol–water partition coefficient (Wildman–Crippen LogP) is 4.48. The summed E-state index contributed by atoms with van der Waals surface area (Å²) in [7, 11) is 0. The lowest BCUT2D eigenvalue weighted by atomic mass is 9.85. The van der Waals surface area contributed by atoms with Crippen LogP contribution in [0.5, 0.6) is 0 Å². The summed E-state index contributed by atoms with van der Waals surface area (Å²) >= 11 is 0. The lowest BCUT2D eigenvalue weighted by Gasteiger charge is -2.26. The second-order valence-corrected chi connectivity index (χ2v) is 9.30. The molecule has 0 saturated heterocycles. The van der Waals surface area contributed by atoms with Crippen LogP contribution in [-0.4, -0.2) is 35.4 Å². The molecule has 1 amide bonds. The molecule has 0 radical (unpaired) electrons. The molecule has 1 aliphatic rings. The molecule has 0 fully saturated rings. The van der Waals surface area contributed by atoms with Crippen LogP contribution >= 0.6 is 0 Å². The molecule has 6 rings (SSSR count). The van der Waals surface area contributed by atoms with Gasteiger partial charge < -0.3 is 9.88 Å². The van der Waals surface area contributed by atoms with E-state index in [2.05, 4.69) is 57.3 Å². The van der Waals surface area contributed by atoms with Gasteiger partial charge in [-0.05, 0) is 50.5 Å². The molecule has 4 heterocycles. The number of nitrogens with one attached hydrogen (secondary N) is 1. The van der Waals surface area contributed by atoms with Crippen LogP contribution in [-0.2, 0) is 18.5 Å². The van der Waals surface area contributed by atoms with E-state index in [1.54, 1.807) is 18.7 Å². The van der Waals surface area contributed by atoms with Crippen molar-refractivity contribution >= 4 is 17.1 Å². The molecule has 1 aliphatic heterocycles. The quantitative estimate of drug-likeness (QED) is 0.402. The normalized spacial score (nSPS) is 16.8. The Morgan fingerprint density at radius 2 is 1.75 bits per heavy atom. The zero-order valence-electron chi connectivity index (χ0n) is 20.4. The first-order valence-corrected chi connectivity index (χ1v) is 12.0. The van der Waals surface area contributed by atoms with Crippen molar-refractivity contribution in [3.63, 3.8) is 0 Å². The highest BCUT2D eigenvalue weighted by atomic mass is 16.2. The molecule has 0 aliphatic carbocycles. The van der Waals surface area contributed by atoms with E-state index < -0.39 is 5.54 Å². The Balaban J connectivity index is 1.49. The van der Waals surface area contributed by atoms with Crippen LogP contribution in [0.3, 0.4) is 0 Å². The van der Waals surface area contributed by atoms with Gasteiger partial charge in [0, 0.05) is 30.1 Å². The number of amides is 1. The Hall–Kier alpha value is -4.46. The number of nitrogens with zero attached hydrogens (tertiary/aromatic N) is 6. The highest BCUT2D eigenvalue weighted by Crippen LogP contribution is 2.38. The van der Waals surface area contributed by atoms with E-state index in [9.17, 15) is 4.79 Å². The van der Waals surface area contributed by atoms with Crippen molar-refractivity contribution in [2.24, 2.45) is 0 Å². The summed E-state index contributed by atoms with van der Waals surface area (Å²) in [6, 6.07) is 16.1. The van der Waals surface area contributed by atoms with Crippen LogP contribution in [0.1, 0.15) is 41.2 Å². The zero-order chi connectivity index (χ0) is 24.9. The molecule has 0 spiro atoms. The van der Waals surface area contributed by atoms with Gasteiger partial charge >= 0.3 is 0 Å². The molecular formula is C28H25N7O. The second kappa shape index (κ2) is 8.34. The van der Waals surface area contributed by atoms with Crippen LogP contribution in [0.2, 0.25) is 0 Å². The Bertz CT molecular complexity index is 1610. The van der Waals surface area contributed by atoms with E-state index >= 15 is 0 Å². The van der Waals surface area contributed by atoms with Gasteiger partial charge in [-0.2, -0.15) is 0 Å². The number of hydrogen-bond acceptors (Lipinski definition) is 6.